The van der Waals surface area contributed by atoms with Crippen LogP contribution in [0.25, 0.3) is 124 Å². The monoisotopic (exact) mass is 1400 g/mol. The average Bonchev–Trinajstić information content (AvgIpc) is 0.769. The van der Waals surface area contributed by atoms with Crippen molar-refractivity contribution in [1.29, 1.82) is 0 Å². The second-order valence-electron chi connectivity index (χ2n) is 25.6. The molecule has 0 spiro atoms. The van der Waals surface area contributed by atoms with Crippen molar-refractivity contribution in [2.24, 2.45) is 0 Å². The number of benzene rings is 15. The number of aromatic nitrogens is 6. The number of nitrogens with zero attached hydrogens (tertiary/aromatic N) is 6. The van der Waals surface area contributed by atoms with Crippen LogP contribution in [0.4, 0.5) is 0 Å². The molecular formula is C96H68N6O2P2. The predicted molar refractivity (Wildman–Crippen MR) is 438 cm³/mol. The molecule has 0 saturated heterocycles. The summed E-state index contributed by atoms with van der Waals surface area (Å²) in [5, 5.41) is 4.96. The Kier molecular flexibility index (Phi) is 19.5. The summed E-state index contributed by atoms with van der Waals surface area (Å²) in [6.07, 6.45) is 0. The Morgan fingerprint density at radius 2 is 0.283 bits per heavy atom. The average molecular weight is 1400 g/mol. The van der Waals surface area contributed by atoms with Gasteiger partial charge in [-0.1, -0.05) is 406 Å². The molecule has 0 atom stereocenters. The molecule has 0 saturated carbocycles. The predicted octanol–water partition coefficient (Wildman–Crippen LogP) is 21.4. The Morgan fingerprint density at radius 3 is 0.528 bits per heavy atom. The summed E-state index contributed by atoms with van der Waals surface area (Å²) < 4.78 is 29.5. The molecule has 0 radical (unpaired) electrons. The minimum absolute atomic E-state index is 0.619. The second kappa shape index (κ2) is 30.8. The fourth-order valence-corrected chi connectivity index (χ4v) is 18.6. The van der Waals surface area contributed by atoms with Crippen LogP contribution in [0.3, 0.4) is 0 Å². The van der Waals surface area contributed by atoms with Gasteiger partial charge in [-0.25, -0.2) is 29.9 Å². The van der Waals surface area contributed by atoms with E-state index >= 15 is 0 Å². The van der Waals surface area contributed by atoms with Gasteiger partial charge in [-0.05, 0) is 61.7 Å². The molecule has 0 bridgehead atoms. The zero-order valence-electron chi connectivity index (χ0n) is 57.7. The summed E-state index contributed by atoms with van der Waals surface area (Å²) in [6, 6.07) is 138. The van der Waals surface area contributed by atoms with Gasteiger partial charge in [0.2, 0.25) is 0 Å². The summed E-state index contributed by atoms with van der Waals surface area (Å²) >= 11 is 0. The zero-order valence-corrected chi connectivity index (χ0v) is 59.4. The first-order valence-electron chi connectivity index (χ1n) is 35.2. The van der Waals surface area contributed by atoms with Crippen molar-refractivity contribution in [2.45, 2.75) is 0 Å². The van der Waals surface area contributed by atoms with Crippen LogP contribution in [-0.4, -0.2) is 29.9 Å². The largest absolute Gasteiger partial charge is 0.309 e. The maximum absolute atomic E-state index is 14.8. The highest BCUT2D eigenvalue weighted by atomic mass is 31.2. The number of hydrogen-bond acceptors (Lipinski definition) is 8. The van der Waals surface area contributed by atoms with Gasteiger partial charge in [-0.15, -0.1) is 0 Å². The molecule has 10 heteroatoms. The van der Waals surface area contributed by atoms with E-state index in [0.29, 0.717) is 34.9 Å². The van der Waals surface area contributed by atoms with Gasteiger partial charge in [-0.2, -0.15) is 0 Å². The summed E-state index contributed by atoms with van der Waals surface area (Å²) in [5.41, 5.74) is 16.6. The van der Waals surface area contributed by atoms with Gasteiger partial charge in [-0.3, -0.25) is 0 Å². The van der Waals surface area contributed by atoms with Crippen molar-refractivity contribution in [3.8, 4) is 124 Å². The van der Waals surface area contributed by atoms with Crippen LogP contribution in [0.5, 0.6) is 0 Å². The van der Waals surface area contributed by atoms with Crippen molar-refractivity contribution in [3.63, 3.8) is 0 Å². The third kappa shape index (κ3) is 14.5. The lowest BCUT2D eigenvalue weighted by Gasteiger charge is -2.20. The SMILES string of the molecule is O=P(c1ccccc1)(c1ccccc1)c1ccc(-c2ccc(-c3ccc(-c4nc(-c5ccccc5)nc(-c5cccc(-c6ccccc6)c5)n4)cc3)cc2)cc1.O=P(c1ccccc1)(c1ccccc1)c1ccc(-c2ccc(-c3ccc(-c4nc(-c5ccccc5)nc(-c5ccccc5)n4)cc3)cc2)cc1. The molecule has 8 nitrogen and oxygen atoms in total. The molecule has 106 heavy (non-hydrogen) atoms. The lowest BCUT2D eigenvalue weighted by molar-refractivity contribution is 0.591. The Morgan fingerprint density at radius 1 is 0.132 bits per heavy atom. The van der Waals surface area contributed by atoms with Gasteiger partial charge in [0.05, 0.1) is 0 Å². The molecule has 0 aliphatic rings. The maximum atomic E-state index is 14.8. The zero-order chi connectivity index (χ0) is 71.5. The molecule has 2 aromatic heterocycles. The number of hydrogen-bond donors (Lipinski definition) is 0. The van der Waals surface area contributed by atoms with E-state index in [1.807, 2.05) is 255 Å². The van der Waals surface area contributed by atoms with Gasteiger partial charge >= 0.3 is 0 Å². The standard InChI is InChI=1S/C51H36N3OP.C45H32N3OP/c55-56(46-20-9-3-10-21-46,47-22-11-4-12-23-47)48-34-32-41(33-35-48)39-26-24-38(25-27-39)40-28-30-43(31-29-40)50-52-49(42-16-7-2-8-17-42)53-51(54-50)45-19-13-18-44(36-45)37-14-5-1-6-15-37;49-50(40-17-9-3-10-18-40,41-19-11-4-12-20-41)42-31-29-36(30-32-42)34-23-21-33(22-24-34)35-25-27-39(28-26-35)45-47-43(37-13-5-1-6-14-37)46-44(48-45)38-15-7-2-8-16-38/h1-36H;1-32H. The van der Waals surface area contributed by atoms with Gasteiger partial charge in [0.15, 0.2) is 49.2 Å². The van der Waals surface area contributed by atoms with Gasteiger partial charge in [0.1, 0.15) is 0 Å². The topological polar surface area (TPSA) is 111 Å². The molecule has 0 fully saturated rings. The first-order chi connectivity index (χ1) is 52.3. The fourth-order valence-electron chi connectivity index (χ4n) is 13.3. The highest BCUT2D eigenvalue weighted by Crippen LogP contribution is 2.45. The van der Waals surface area contributed by atoms with Gasteiger partial charge in [0.25, 0.3) is 0 Å². The summed E-state index contributed by atoms with van der Waals surface area (Å²) in [4.78, 5) is 29.4. The lowest BCUT2D eigenvalue weighted by Crippen LogP contribution is -2.24. The van der Waals surface area contributed by atoms with Crippen molar-refractivity contribution in [2.75, 3.05) is 0 Å². The van der Waals surface area contributed by atoms with E-state index in [4.69, 9.17) is 29.9 Å². The molecule has 15 aromatic carbocycles. The van der Waals surface area contributed by atoms with E-state index in [1.54, 1.807) is 0 Å². The third-order valence-corrected chi connectivity index (χ3v) is 25.1. The van der Waals surface area contributed by atoms with Gasteiger partial charge in [0, 0.05) is 65.2 Å². The van der Waals surface area contributed by atoms with Crippen LogP contribution in [0, 0.1) is 0 Å². The minimum atomic E-state index is -3.03. The second-order valence-corrected chi connectivity index (χ2v) is 31.2. The normalized spacial score (nSPS) is 11.3. The van der Waals surface area contributed by atoms with E-state index in [0.717, 1.165) is 121 Å². The lowest BCUT2D eigenvalue weighted by atomic mass is 9.99. The van der Waals surface area contributed by atoms with Crippen molar-refractivity contribution < 1.29 is 9.13 Å². The molecule has 0 N–H and O–H groups in total. The van der Waals surface area contributed by atoms with Crippen LogP contribution < -0.4 is 31.8 Å². The number of rotatable bonds is 17. The first kappa shape index (κ1) is 67.3. The molecule has 2 heterocycles. The molecule has 0 amide bonds. The third-order valence-electron chi connectivity index (χ3n) is 18.9. The van der Waals surface area contributed by atoms with Crippen molar-refractivity contribution >= 4 is 46.1 Å². The van der Waals surface area contributed by atoms with Gasteiger partial charge < -0.3 is 9.13 Å². The molecule has 0 aliphatic carbocycles. The molecular weight excluding hydrogens is 1330 g/mol. The summed E-state index contributed by atoms with van der Waals surface area (Å²) in [5.74, 6) is 3.80. The summed E-state index contributed by atoms with van der Waals surface area (Å²) in [7, 11) is -6.04. The Hall–Kier alpha value is -13.2. The maximum Gasteiger partial charge on any atom is 0.171 e. The van der Waals surface area contributed by atoms with Crippen LogP contribution in [0.2, 0.25) is 0 Å². The van der Waals surface area contributed by atoms with Crippen molar-refractivity contribution in [1.82, 2.24) is 29.9 Å². The quantitative estimate of drug-likeness (QED) is 0.0829. The first-order valence-corrected chi connectivity index (χ1v) is 38.6. The Labute approximate surface area is 617 Å². The minimum Gasteiger partial charge on any atom is -0.309 e. The fraction of sp³-hybridized carbons (Fsp3) is 0. The van der Waals surface area contributed by atoms with E-state index in [9.17, 15) is 9.13 Å². The molecule has 17 rings (SSSR count). The van der Waals surface area contributed by atoms with E-state index < -0.39 is 14.3 Å². The Bertz CT molecular complexity index is 5770. The molecule has 0 unspecified atom stereocenters. The van der Waals surface area contributed by atoms with Crippen LogP contribution >= 0.6 is 14.3 Å². The van der Waals surface area contributed by atoms with Crippen LogP contribution in [0.1, 0.15) is 0 Å². The Balaban J connectivity index is 0.000000164. The van der Waals surface area contributed by atoms with Crippen LogP contribution in [0.15, 0.2) is 413 Å². The summed E-state index contributed by atoms with van der Waals surface area (Å²) in [6.45, 7) is 0. The van der Waals surface area contributed by atoms with Crippen LogP contribution in [-0.2, 0) is 9.13 Å². The smallest absolute Gasteiger partial charge is 0.171 e. The molecule has 0 aliphatic heterocycles. The molecule has 504 valence electrons. The molecule has 17 aromatic rings. The van der Waals surface area contributed by atoms with Crippen molar-refractivity contribution in [3.05, 3.63) is 413 Å². The highest BCUT2D eigenvalue weighted by Gasteiger charge is 2.31. The van der Waals surface area contributed by atoms with E-state index in [2.05, 4.69) is 158 Å². The van der Waals surface area contributed by atoms with E-state index in [1.165, 1.54) is 0 Å². The van der Waals surface area contributed by atoms with E-state index in [-0.39, 0.29) is 0 Å². The highest BCUT2D eigenvalue weighted by molar-refractivity contribution is 7.85.